The topological polar surface area (TPSA) is 47.6 Å². The van der Waals surface area contributed by atoms with Gasteiger partial charge in [-0.2, -0.15) is 10.5 Å². The van der Waals surface area contributed by atoms with Gasteiger partial charge in [-0.15, -0.1) is 0 Å². The third-order valence-corrected chi connectivity index (χ3v) is 3.21. The van der Waals surface area contributed by atoms with Gasteiger partial charge >= 0.3 is 0 Å². The number of rotatable bonds is 1. The van der Waals surface area contributed by atoms with Crippen LogP contribution in [0, 0.1) is 22.7 Å². The van der Waals surface area contributed by atoms with Crippen molar-refractivity contribution in [2.45, 2.75) is 12.8 Å². The maximum atomic E-state index is 8.73. The van der Waals surface area contributed by atoms with Crippen molar-refractivity contribution in [3.63, 3.8) is 0 Å². The normalized spacial score (nSPS) is 13.4. The number of aryl methyl sites for hydroxylation is 1. The Balaban J connectivity index is 2.50. The lowest BCUT2D eigenvalue weighted by Gasteiger charge is -2.17. The van der Waals surface area contributed by atoms with E-state index < -0.39 is 0 Å². The lowest BCUT2D eigenvalue weighted by molar-refractivity contribution is 0.946. The fourth-order valence-corrected chi connectivity index (χ4v) is 2.24. The van der Waals surface area contributed by atoms with Gasteiger partial charge in [0.1, 0.15) is 17.7 Å². The molecule has 0 atom stereocenters. The second-order valence-electron chi connectivity index (χ2n) is 3.78. The van der Waals surface area contributed by atoms with Crippen LogP contribution in [0.15, 0.2) is 41.5 Å². The molecule has 0 radical (unpaired) electrons. The Bertz CT molecular complexity index is 581. The fraction of sp³-hybridized carbons (Fsp3) is 0.143. The molecule has 1 aliphatic carbocycles. The molecule has 0 amide bonds. The number of nitrogens with zero attached hydrogens (tertiary/aromatic N) is 2. The number of nitriles is 2. The van der Waals surface area contributed by atoms with Crippen LogP contribution in [0.5, 0.6) is 0 Å². The molecule has 0 saturated heterocycles. The molecule has 0 spiro atoms. The van der Waals surface area contributed by atoms with Crippen molar-refractivity contribution in [2.24, 2.45) is 0 Å². The quantitative estimate of drug-likeness (QED) is 0.705. The Morgan fingerprint density at radius 3 is 2.59 bits per heavy atom. The smallest absolute Gasteiger partial charge is 0.130 e. The molecule has 1 aromatic carbocycles. The maximum absolute atomic E-state index is 8.73. The summed E-state index contributed by atoms with van der Waals surface area (Å²) in [7, 11) is 0. The maximum Gasteiger partial charge on any atom is 0.130 e. The van der Waals surface area contributed by atoms with Crippen molar-refractivity contribution in [3.8, 4) is 12.1 Å². The van der Waals surface area contributed by atoms with Crippen LogP contribution in [-0.2, 0) is 6.42 Å². The minimum absolute atomic E-state index is 0.0949. The highest BCUT2D eigenvalue weighted by Crippen LogP contribution is 2.34. The molecule has 0 bridgehead atoms. The zero-order valence-corrected chi connectivity index (χ0v) is 9.83. The van der Waals surface area contributed by atoms with E-state index in [4.69, 9.17) is 22.1 Å². The third kappa shape index (κ3) is 2.23. The van der Waals surface area contributed by atoms with E-state index in [0.29, 0.717) is 5.03 Å². The molecule has 1 aliphatic rings. The number of halogens is 1. The van der Waals surface area contributed by atoms with Crippen molar-refractivity contribution >= 4 is 16.6 Å². The van der Waals surface area contributed by atoms with Crippen molar-refractivity contribution in [3.05, 3.63) is 52.6 Å². The molecule has 82 valence electrons. The van der Waals surface area contributed by atoms with Gasteiger partial charge in [0.25, 0.3) is 0 Å². The molecule has 1 aromatic rings. The van der Waals surface area contributed by atoms with Crippen molar-refractivity contribution < 1.29 is 0 Å². The molecule has 0 saturated carbocycles. The van der Waals surface area contributed by atoms with E-state index in [2.05, 4.69) is 0 Å². The van der Waals surface area contributed by atoms with Crippen LogP contribution in [0.3, 0.4) is 0 Å². The summed E-state index contributed by atoms with van der Waals surface area (Å²) in [6, 6.07) is 11.6. The third-order valence-electron chi connectivity index (χ3n) is 2.76. The van der Waals surface area contributed by atoms with Gasteiger partial charge in [-0.1, -0.05) is 35.9 Å². The van der Waals surface area contributed by atoms with E-state index in [9.17, 15) is 0 Å². The molecule has 3 heteroatoms. The highest BCUT2D eigenvalue weighted by atomic mass is 35.5. The van der Waals surface area contributed by atoms with Gasteiger partial charge in [0.15, 0.2) is 0 Å². The first-order valence-corrected chi connectivity index (χ1v) is 5.63. The Morgan fingerprint density at radius 1 is 1.18 bits per heavy atom. The predicted molar refractivity (Wildman–Crippen MR) is 66.8 cm³/mol. The molecule has 0 N–H and O–H groups in total. The number of allylic oxidation sites excluding steroid dienone is 3. The average molecular weight is 241 g/mol. The van der Waals surface area contributed by atoms with Gasteiger partial charge in [-0.05, 0) is 35.6 Å². The van der Waals surface area contributed by atoms with E-state index >= 15 is 0 Å². The fourth-order valence-electron chi connectivity index (χ4n) is 1.90. The minimum Gasteiger partial charge on any atom is -0.192 e. The van der Waals surface area contributed by atoms with Crippen molar-refractivity contribution in [2.75, 3.05) is 0 Å². The highest BCUT2D eigenvalue weighted by Gasteiger charge is 2.16. The summed E-state index contributed by atoms with van der Waals surface area (Å²) in [5.41, 5.74) is 3.17. The Kier molecular flexibility index (Phi) is 3.28. The first-order valence-electron chi connectivity index (χ1n) is 5.25. The summed E-state index contributed by atoms with van der Waals surface area (Å²) in [6.45, 7) is 0. The molecular weight excluding hydrogens is 232 g/mol. The van der Waals surface area contributed by atoms with Gasteiger partial charge in [-0.25, -0.2) is 0 Å². The summed E-state index contributed by atoms with van der Waals surface area (Å²) in [5.74, 6) is 0. The zero-order chi connectivity index (χ0) is 12.3. The summed E-state index contributed by atoms with van der Waals surface area (Å²) < 4.78 is 0. The Hall–Kier alpha value is -2.03. The largest absolute Gasteiger partial charge is 0.192 e. The van der Waals surface area contributed by atoms with Crippen LogP contribution in [0.2, 0.25) is 0 Å². The standard InChI is InChI=1S/C14H9ClN2/c15-14-12(7-10(8-16)9-17)6-5-11-3-1-2-4-13(11)14/h1-4,7H,5-6H2. The highest BCUT2D eigenvalue weighted by molar-refractivity contribution is 6.49. The molecule has 2 nitrogen and oxygen atoms in total. The van der Waals surface area contributed by atoms with Crippen LogP contribution in [0.25, 0.3) is 5.03 Å². The van der Waals surface area contributed by atoms with E-state index in [0.717, 1.165) is 24.0 Å². The molecule has 0 fully saturated rings. The van der Waals surface area contributed by atoms with Gasteiger partial charge in [-0.3, -0.25) is 0 Å². The number of fused-ring (bicyclic) bond motifs is 1. The zero-order valence-electron chi connectivity index (χ0n) is 9.07. The summed E-state index contributed by atoms with van der Waals surface area (Å²) >= 11 is 6.29. The Labute approximate surface area is 105 Å². The summed E-state index contributed by atoms with van der Waals surface area (Å²) in [4.78, 5) is 0. The second-order valence-corrected chi connectivity index (χ2v) is 4.16. The molecule has 2 rings (SSSR count). The molecular formula is C14H9ClN2. The lowest BCUT2D eigenvalue weighted by atomic mass is 9.91. The average Bonchev–Trinajstić information content (AvgIpc) is 2.38. The summed E-state index contributed by atoms with van der Waals surface area (Å²) in [6.07, 6.45) is 3.24. The van der Waals surface area contributed by atoms with E-state index in [-0.39, 0.29) is 5.57 Å². The van der Waals surface area contributed by atoms with Crippen molar-refractivity contribution in [1.82, 2.24) is 0 Å². The Morgan fingerprint density at radius 2 is 1.88 bits per heavy atom. The SMILES string of the molecule is N#CC(C#N)=CC1=C(Cl)c2ccccc2CC1. The first-order chi connectivity index (χ1) is 8.26. The van der Waals surface area contributed by atoms with Crippen LogP contribution in [0.1, 0.15) is 17.5 Å². The van der Waals surface area contributed by atoms with Crippen molar-refractivity contribution in [1.29, 1.82) is 10.5 Å². The number of hydrogen-bond donors (Lipinski definition) is 0. The van der Waals surface area contributed by atoms with Gasteiger partial charge in [0.2, 0.25) is 0 Å². The molecule has 0 aliphatic heterocycles. The minimum atomic E-state index is 0.0949. The van der Waals surface area contributed by atoms with Gasteiger partial charge in [0, 0.05) is 0 Å². The van der Waals surface area contributed by atoms with E-state index in [1.807, 2.05) is 36.4 Å². The van der Waals surface area contributed by atoms with Crippen LogP contribution in [0.4, 0.5) is 0 Å². The molecule has 0 aromatic heterocycles. The van der Waals surface area contributed by atoms with Crippen LogP contribution < -0.4 is 0 Å². The molecule has 0 heterocycles. The van der Waals surface area contributed by atoms with E-state index in [1.54, 1.807) is 6.08 Å². The van der Waals surface area contributed by atoms with Gasteiger partial charge in [0.05, 0.1) is 5.03 Å². The molecule has 0 unspecified atom stereocenters. The summed E-state index contributed by atoms with van der Waals surface area (Å²) in [5, 5.41) is 18.1. The molecule has 17 heavy (non-hydrogen) atoms. The lowest BCUT2D eigenvalue weighted by Crippen LogP contribution is -2.01. The van der Waals surface area contributed by atoms with Crippen LogP contribution in [-0.4, -0.2) is 0 Å². The van der Waals surface area contributed by atoms with E-state index in [1.165, 1.54) is 5.56 Å². The number of benzene rings is 1. The monoisotopic (exact) mass is 240 g/mol. The first kappa shape index (κ1) is 11.5. The van der Waals surface area contributed by atoms with Crippen LogP contribution >= 0.6 is 11.6 Å². The number of hydrogen-bond acceptors (Lipinski definition) is 2. The van der Waals surface area contributed by atoms with Gasteiger partial charge < -0.3 is 0 Å². The predicted octanol–water partition coefficient (Wildman–Crippen LogP) is 3.56. The second kappa shape index (κ2) is 4.87.